The number of thioether (sulfide) groups is 1. The maximum atomic E-state index is 12.6. The number of nitrogens with zero attached hydrogens (tertiary/aromatic N) is 3. The number of allylic oxidation sites excluding steroid dienone is 2. The van der Waals surface area contributed by atoms with Crippen molar-refractivity contribution in [2.45, 2.75) is 109 Å². The first-order valence-corrected chi connectivity index (χ1v) is 17.9. The van der Waals surface area contributed by atoms with Crippen LogP contribution in [-0.4, -0.2) is 48.4 Å². The maximum Gasteiger partial charge on any atom is 0.347 e. The Morgan fingerprint density at radius 1 is 0.935 bits per heavy atom. The number of H-pyrrole nitrogens is 1. The highest BCUT2D eigenvalue weighted by atomic mass is 32.2. The van der Waals surface area contributed by atoms with Gasteiger partial charge >= 0.3 is 5.97 Å². The van der Waals surface area contributed by atoms with Gasteiger partial charge in [0.1, 0.15) is 5.75 Å². The number of aromatic nitrogens is 3. The molecule has 1 aliphatic heterocycles. The number of fused-ring (bicyclic) bond motifs is 2. The molecule has 3 aromatic rings. The first-order valence-electron chi connectivity index (χ1n) is 17.1. The quantitative estimate of drug-likeness (QED) is 0.0742. The van der Waals surface area contributed by atoms with Crippen LogP contribution in [0.3, 0.4) is 0 Å². The van der Waals surface area contributed by atoms with Gasteiger partial charge in [-0.2, -0.15) is 0 Å². The number of carbonyl (C=O) groups is 1. The van der Waals surface area contributed by atoms with Gasteiger partial charge in [0.25, 0.3) is 0 Å². The molecule has 0 amide bonds. The first kappa shape index (κ1) is 35.3. The van der Waals surface area contributed by atoms with Gasteiger partial charge in [0.05, 0.1) is 43.4 Å². The first-order chi connectivity index (χ1) is 22.6. The fourth-order valence-corrected chi connectivity index (χ4v) is 7.11. The third kappa shape index (κ3) is 9.04. The van der Waals surface area contributed by atoms with Crippen molar-refractivity contribution in [3.05, 3.63) is 58.1 Å². The van der Waals surface area contributed by atoms with E-state index in [9.17, 15) is 4.79 Å². The summed E-state index contributed by atoms with van der Waals surface area (Å²) in [4.78, 5) is 21.0. The van der Waals surface area contributed by atoms with Gasteiger partial charge in [-0.1, -0.05) is 95.7 Å². The molecule has 0 fully saturated rings. The van der Waals surface area contributed by atoms with Crippen LogP contribution >= 0.6 is 11.8 Å². The van der Waals surface area contributed by atoms with Crippen molar-refractivity contribution < 1.29 is 19.0 Å². The third-order valence-corrected chi connectivity index (χ3v) is 9.69. The summed E-state index contributed by atoms with van der Waals surface area (Å²) in [5.41, 5.74) is 7.10. The minimum atomic E-state index is -0.481. The van der Waals surface area contributed by atoms with E-state index < -0.39 is 5.97 Å². The lowest BCUT2D eigenvalue weighted by Crippen LogP contribution is -2.16. The Hall–Kier alpha value is -3.55. The average Bonchev–Trinajstić information content (AvgIpc) is 3.73. The number of imidazole rings is 1. The molecule has 1 N–H and O–H groups in total. The Labute approximate surface area is 279 Å². The molecule has 0 saturated heterocycles. The van der Waals surface area contributed by atoms with Crippen LogP contribution in [-0.2, 0) is 11.2 Å². The summed E-state index contributed by atoms with van der Waals surface area (Å²) in [6.45, 7) is 5.27. The summed E-state index contributed by atoms with van der Waals surface area (Å²) in [6, 6.07) is 6.18. The van der Waals surface area contributed by atoms with E-state index in [2.05, 4.69) is 47.8 Å². The molecule has 0 aliphatic carbocycles. The third-order valence-electron chi connectivity index (χ3n) is 8.56. The van der Waals surface area contributed by atoms with E-state index >= 15 is 0 Å². The van der Waals surface area contributed by atoms with Gasteiger partial charge in [-0.05, 0) is 44.1 Å². The van der Waals surface area contributed by atoms with E-state index in [-0.39, 0.29) is 0 Å². The van der Waals surface area contributed by atoms with Crippen molar-refractivity contribution in [3.8, 4) is 11.6 Å². The van der Waals surface area contributed by atoms with Gasteiger partial charge in [0, 0.05) is 23.6 Å². The summed E-state index contributed by atoms with van der Waals surface area (Å²) >= 11 is 1.74. The standard InChI is InChI=1S/C37H52N4O4S/c1-6-8-9-10-11-12-13-14-15-16-17-18-19-22-29-30(41-35(38-29)34(37(42)45-5)36(39-41)44-4)23-20-21-24-33-40(7-2)31-27-28(43-3)25-26-32(31)46-33/h21,23-27,39H,6-19,22H2,1-5H3. The Kier molecular flexibility index (Phi) is 14.2. The summed E-state index contributed by atoms with van der Waals surface area (Å²) in [5, 5.41) is 4.33. The summed E-state index contributed by atoms with van der Waals surface area (Å²) < 4.78 is 17.8. The number of unbranched alkanes of at least 4 members (excludes halogenated alkanes) is 12. The molecule has 1 aromatic carbocycles. The van der Waals surface area contributed by atoms with Crippen molar-refractivity contribution >= 4 is 35.1 Å². The number of ether oxygens (including phenoxy) is 3. The molecule has 0 saturated carbocycles. The highest BCUT2D eigenvalue weighted by Crippen LogP contribution is 2.47. The van der Waals surface area contributed by atoms with Crippen molar-refractivity contribution in [1.82, 2.24) is 14.6 Å². The van der Waals surface area contributed by atoms with E-state index in [1.807, 2.05) is 18.2 Å². The molecule has 46 heavy (non-hydrogen) atoms. The van der Waals surface area contributed by atoms with Gasteiger partial charge in [-0.3, -0.25) is 5.10 Å². The van der Waals surface area contributed by atoms with Gasteiger partial charge in [-0.15, -0.1) is 5.73 Å². The fraction of sp³-hybridized carbons (Fsp3) is 0.541. The molecule has 9 heteroatoms. The number of aryl methyl sites for hydroxylation is 1. The van der Waals surface area contributed by atoms with E-state index in [0.717, 1.165) is 53.7 Å². The zero-order valence-electron chi connectivity index (χ0n) is 28.5. The number of aromatic amines is 1. The maximum absolute atomic E-state index is 12.6. The molecule has 0 spiro atoms. The largest absolute Gasteiger partial charge is 0.497 e. The zero-order chi connectivity index (χ0) is 32.7. The van der Waals surface area contributed by atoms with Crippen molar-refractivity contribution in [2.24, 2.45) is 0 Å². The lowest BCUT2D eigenvalue weighted by Gasteiger charge is -2.17. The zero-order valence-corrected chi connectivity index (χ0v) is 29.3. The monoisotopic (exact) mass is 648 g/mol. The molecule has 3 heterocycles. The lowest BCUT2D eigenvalue weighted by atomic mass is 10.0. The molecular formula is C37H52N4O4S. The van der Waals surface area contributed by atoms with Crippen LogP contribution in [0.15, 0.2) is 46.0 Å². The number of hydrogen-bond donors (Lipinski definition) is 1. The number of nitrogens with one attached hydrogen (secondary N) is 1. The Morgan fingerprint density at radius 2 is 1.61 bits per heavy atom. The molecule has 0 bridgehead atoms. The number of esters is 1. The van der Waals surface area contributed by atoms with Crippen LogP contribution in [0.5, 0.6) is 11.6 Å². The molecule has 4 rings (SSSR count). The molecule has 8 nitrogen and oxygen atoms in total. The number of carbonyl (C=O) groups excluding carboxylic acids is 1. The highest BCUT2D eigenvalue weighted by Gasteiger charge is 2.26. The van der Waals surface area contributed by atoms with Gasteiger partial charge in [0.15, 0.2) is 11.2 Å². The lowest BCUT2D eigenvalue weighted by molar-refractivity contribution is 0.0599. The van der Waals surface area contributed by atoms with Crippen molar-refractivity contribution in [3.63, 3.8) is 0 Å². The number of hydrogen-bond acceptors (Lipinski definition) is 7. The van der Waals surface area contributed by atoms with E-state index in [1.54, 1.807) is 23.4 Å². The molecule has 2 aromatic heterocycles. The average molecular weight is 649 g/mol. The molecule has 0 atom stereocenters. The normalized spacial score (nSPS) is 13.2. The Morgan fingerprint density at radius 3 is 2.22 bits per heavy atom. The highest BCUT2D eigenvalue weighted by molar-refractivity contribution is 8.03. The molecule has 0 radical (unpaired) electrons. The summed E-state index contributed by atoms with van der Waals surface area (Å²) in [5.74, 6) is 0.699. The Bertz CT molecular complexity index is 1520. The molecule has 250 valence electrons. The second-order valence-electron chi connectivity index (χ2n) is 11.8. The van der Waals surface area contributed by atoms with Crippen LogP contribution < -0.4 is 14.4 Å². The minimum absolute atomic E-state index is 0.302. The predicted molar refractivity (Wildman–Crippen MR) is 189 cm³/mol. The summed E-state index contributed by atoms with van der Waals surface area (Å²) in [7, 11) is 4.59. The van der Waals surface area contributed by atoms with Crippen LogP contribution in [0.4, 0.5) is 5.69 Å². The minimum Gasteiger partial charge on any atom is -0.497 e. The molecule has 0 unspecified atom stereocenters. The second-order valence-corrected chi connectivity index (χ2v) is 12.8. The number of anilines is 1. The van der Waals surface area contributed by atoms with Crippen LogP contribution in [0.25, 0.3) is 11.7 Å². The Balaban J connectivity index is 1.41. The van der Waals surface area contributed by atoms with E-state index in [1.165, 1.54) is 89.7 Å². The van der Waals surface area contributed by atoms with Crippen LogP contribution in [0.1, 0.15) is 119 Å². The number of rotatable bonds is 20. The topological polar surface area (TPSA) is 81.1 Å². The van der Waals surface area contributed by atoms with Crippen LogP contribution in [0, 0.1) is 0 Å². The SMILES string of the molecule is CCCCCCCCCCCCCCCc1nc2c(C(=O)OC)c(OC)[nH]n2c1C=C=CC=C1Sc2ccc(OC)cc2N1CC. The molecule has 1 aliphatic rings. The number of benzene rings is 1. The predicted octanol–water partition coefficient (Wildman–Crippen LogP) is 9.74. The summed E-state index contributed by atoms with van der Waals surface area (Å²) in [6.07, 6.45) is 23.8. The smallest absolute Gasteiger partial charge is 0.347 e. The van der Waals surface area contributed by atoms with Gasteiger partial charge in [-0.25, -0.2) is 14.3 Å². The second kappa shape index (κ2) is 18.6. The van der Waals surface area contributed by atoms with Gasteiger partial charge in [0.2, 0.25) is 5.88 Å². The number of methoxy groups -OCH3 is 3. The molecular weight excluding hydrogens is 596 g/mol. The van der Waals surface area contributed by atoms with Crippen molar-refractivity contribution in [1.29, 1.82) is 0 Å². The van der Waals surface area contributed by atoms with E-state index in [4.69, 9.17) is 19.2 Å². The van der Waals surface area contributed by atoms with Crippen molar-refractivity contribution in [2.75, 3.05) is 32.8 Å². The fourth-order valence-electron chi connectivity index (χ4n) is 6.00. The van der Waals surface area contributed by atoms with Crippen LogP contribution in [0.2, 0.25) is 0 Å². The van der Waals surface area contributed by atoms with Gasteiger partial charge < -0.3 is 19.1 Å². The van der Waals surface area contributed by atoms with E-state index in [0.29, 0.717) is 17.1 Å².